The zero-order valence-electron chi connectivity index (χ0n) is 12.2. The van der Waals surface area contributed by atoms with Crippen LogP contribution in [-0.4, -0.2) is 38.4 Å². The molecular formula is C14H19N5OS. The summed E-state index contributed by atoms with van der Waals surface area (Å²) in [6.45, 7) is 4.98. The van der Waals surface area contributed by atoms with E-state index in [-0.39, 0.29) is 5.91 Å². The molecule has 0 aliphatic carbocycles. The van der Waals surface area contributed by atoms with E-state index < -0.39 is 0 Å². The predicted octanol–water partition coefficient (Wildman–Crippen LogP) is 1.92. The first kappa shape index (κ1) is 15.5. The molecule has 0 aliphatic rings. The van der Waals surface area contributed by atoms with Gasteiger partial charge in [0.15, 0.2) is 0 Å². The quantitative estimate of drug-likeness (QED) is 0.791. The van der Waals surface area contributed by atoms with E-state index in [9.17, 15) is 4.79 Å². The molecule has 0 saturated heterocycles. The molecule has 6 nitrogen and oxygen atoms in total. The Balaban J connectivity index is 1.87. The number of thioether (sulfide) groups is 1. The number of carbonyl (C=O) groups is 1. The Kier molecular flexibility index (Phi) is 5.74. The van der Waals surface area contributed by atoms with E-state index in [1.54, 1.807) is 4.68 Å². The maximum absolute atomic E-state index is 11.8. The van der Waals surface area contributed by atoms with Gasteiger partial charge in [0.25, 0.3) is 0 Å². The van der Waals surface area contributed by atoms with Crippen molar-refractivity contribution in [2.75, 3.05) is 12.3 Å². The Morgan fingerprint density at radius 1 is 1.33 bits per heavy atom. The van der Waals surface area contributed by atoms with Gasteiger partial charge in [0, 0.05) is 6.54 Å². The predicted molar refractivity (Wildman–Crippen MR) is 82.3 cm³/mol. The summed E-state index contributed by atoms with van der Waals surface area (Å²) in [6.07, 6.45) is 0.984. The number of tetrazole rings is 1. The average molecular weight is 305 g/mol. The van der Waals surface area contributed by atoms with Crippen LogP contribution < -0.4 is 5.32 Å². The monoisotopic (exact) mass is 305 g/mol. The van der Waals surface area contributed by atoms with Crippen LogP contribution >= 0.6 is 11.8 Å². The van der Waals surface area contributed by atoms with Gasteiger partial charge in [-0.25, -0.2) is 0 Å². The van der Waals surface area contributed by atoms with Gasteiger partial charge in [0.1, 0.15) is 0 Å². The molecule has 1 aromatic carbocycles. The van der Waals surface area contributed by atoms with Crippen molar-refractivity contribution in [3.05, 3.63) is 30.3 Å². The number of hydrogen-bond acceptors (Lipinski definition) is 5. The van der Waals surface area contributed by atoms with Crippen molar-refractivity contribution in [3.63, 3.8) is 0 Å². The molecule has 0 saturated carbocycles. The van der Waals surface area contributed by atoms with Gasteiger partial charge < -0.3 is 5.32 Å². The van der Waals surface area contributed by atoms with E-state index in [2.05, 4.69) is 34.7 Å². The van der Waals surface area contributed by atoms with Gasteiger partial charge in [0.05, 0.1) is 11.4 Å². The standard InChI is InChI=1S/C14H19N5OS/c1-11(2)8-9-15-13(20)10-21-14-16-17-18-19(14)12-6-4-3-5-7-12/h3-7,11H,8-10H2,1-2H3,(H,15,20). The van der Waals surface area contributed by atoms with Crippen molar-refractivity contribution in [2.45, 2.75) is 25.4 Å². The Labute approximate surface area is 128 Å². The van der Waals surface area contributed by atoms with Crippen LogP contribution in [0.25, 0.3) is 5.69 Å². The largest absolute Gasteiger partial charge is 0.355 e. The van der Waals surface area contributed by atoms with Crippen molar-refractivity contribution in [3.8, 4) is 5.69 Å². The third kappa shape index (κ3) is 4.86. The molecule has 0 atom stereocenters. The first-order chi connectivity index (χ1) is 10.2. The van der Waals surface area contributed by atoms with Gasteiger partial charge in [-0.3, -0.25) is 4.79 Å². The second-order valence-electron chi connectivity index (χ2n) is 5.03. The Bertz CT molecular complexity index is 570. The molecule has 0 fully saturated rings. The zero-order chi connectivity index (χ0) is 15.1. The first-order valence-electron chi connectivity index (χ1n) is 6.90. The number of para-hydroxylation sites is 1. The van der Waals surface area contributed by atoms with Crippen LogP contribution in [0.1, 0.15) is 20.3 Å². The Morgan fingerprint density at radius 3 is 2.81 bits per heavy atom. The van der Waals surface area contributed by atoms with Crippen molar-refractivity contribution in [1.29, 1.82) is 0 Å². The van der Waals surface area contributed by atoms with E-state index in [4.69, 9.17) is 0 Å². The van der Waals surface area contributed by atoms with Crippen LogP contribution in [0.4, 0.5) is 0 Å². The van der Waals surface area contributed by atoms with Gasteiger partial charge in [-0.05, 0) is 34.9 Å². The minimum absolute atomic E-state index is 0.00302. The maximum Gasteiger partial charge on any atom is 0.230 e. The van der Waals surface area contributed by atoms with Crippen LogP contribution in [0.3, 0.4) is 0 Å². The highest BCUT2D eigenvalue weighted by atomic mass is 32.2. The van der Waals surface area contributed by atoms with E-state index in [1.807, 2.05) is 30.3 Å². The smallest absolute Gasteiger partial charge is 0.230 e. The summed E-state index contributed by atoms with van der Waals surface area (Å²) in [6, 6.07) is 9.61. The van der Waals surface area contributed by atoms with E-state index in [0.717, 1.165) is 12.1 Å². The summed E-state index contributed by atoms with van der Waals surface area (Å²) in [5.74, 6) is 0.900. The fraction of sp³-hybridized carbons (Fsp3) is 0.429. The first-order valence-corrected chi connectivity index (χ1v) is 7.88. The highest BCUT2D eigenvalue weighted by molar-refractivity contribution is 7.99. The normalized spacial score (nSPS) is 10.8. The summed E-state index contributed by atoms with van der Waals surface area (Å²) in [5, 5.41) is 15.1. The number of hydrogen-bond donors (Lipinski definition) is 1. The van der Waals surface area contributed by atoms with Crippen molar-refractivity contribution >= 4 is 17.7 Å². The van der Waals surface area contributed by atoms with Gasteiger partial charge in [-0.15, -0.1) is 5.10 Å². The highest BCUT2D eigenvalue weighted by Crippen LogP contribution is 2.17. The number of rotatable bonds is 7. The van der Waals surface area contributed by atoms with Crippen molar-refractivity contribution in [1.82, 2.24) is 25.5 Å². The van der Waals surface area contributed by atoms with Gasteiger partial charge in [-0.1, -0.05) is 43.8 Å². The Hall–Kier alpha value is -1.89. The number of carbonyl (C=O) groups excluding carboxylic acids is 1. The molecule has 1 heterocycles. The van der Waals surface area contributed by atoms with E-state index >= 15 is 0 Å². The molecule has 0 unspecified atom stereocenters. The van der Waals surface area contributed by atoms with Gasteiger partial charge in [0.2, 0.25) is 11.1 Å². The molecule has 1 amide bonds. The second kappa shape index (κ2) is 7.78. The van der Waals surface area contributed by atoms with E-state index in [0.29, 0.717) is 23.4 Å². The van der Waals surface area contributed by atoms with Crippen LogP contribution in [0.2, 0.25) is 0 Å². The summed E-state index contributed by atoms with van der Waals surface area (Å²) in [5.41, 5.74) is 0.880. The van der Waals surface area contributed by atoms with Gasteiger partial charge >= 0.3 is 0 Å². The lowest BCUT2D eigenvalue weighted by atomic mass is 10.1. The average Bonchev–Trinajstić information content (AvgIpc) is 2.94. The number of nitrogens with one attached hydrogen (secondary N) is 1. The van der Waals surface area contributed by atoms with Crippen molar-refractivity contribution in [2.24, 2.45) is 5.92 Å². The SMILES string of the molecule is CC(C)CCNC(=O)CSc1nnnn1-c1ccccc1. The van der Waals surface area contributed by atoms with Crippen LogP contribution in [0, 0.1) is 5.92 Å². The molecule has 0 radical (unpaired) electrons. The van der Waals surface area contributed by atoms with Crippen LogP contribution in [0.5, 0.6) is 0 Å². The lowest BCUT2D eigenvalue weighted by molar-refractivity contribution is -0.118. The van der Waals surface area contributed by atoms with Crippen molar-refractivity contribution < 1.29 is 4.79 Å². The number of nitrogens with zero attached hydrogens (tertiary/aromatic N) is 4. The minimum Gasteiger partial charge on any atom is -0.355 e. The third-order valence-corrected chi connectivity index (χ3v) is 3.74. The molecular weight excluding hydrogens is 286 g/mol. The molecule has 0 aliphatic heterocycles. The minimum atomic E-state index is 0.00302. The molecule has 0 bridgehead atoms. The molecule has 2 aromatic rings. The second-order valence-corrected chi connectivity index (χ2v) is 5.97. The number of benzene rings is 1. The summed E-state index contributed by atoms with van der Waals surface area (Å²) < 4.78 is 1.63. The van der Waals surface area contributed by atoms with E-state index in [1.165, 1.54) is 11.8 Å². The molecule has 7 heteroatoms. The summed E-state index contributed by atoms with van der Waals surface area (Å²) in [7, 11) is 0. The molecule has 1 aromatic heterocycles. The molecule has 21 heavy (non-hydrogen) atoms. The van der Waals surface area contributed by atoms with Crippen LogP contribution in [0.15, 0.2) is 35.5 Å². The molecule has 1 N–H and O–H groups in total. The lowest BCUT2D eigenvalue weighted by Gasteiger charge is -2.07. The molecule has 112 valence electrons. The fourth-order valence-electron chi connectivity index (χ4n) is 1.68. The topological polar surface area (TPSA) is 72.7 Å². The third-order valence-electron chi connectivity index (χ3n) is 2.82. The lowest BCUT2D eigenvalue weighted by Crippen LogP contribution is -2.27. The van der Waals surface area contributed by atoms with Crippen LogP contribution in [-0.2, 0) is 4.79 Å². The molecule has 2 rings (SSSR count). The maximum atomic E-state index is 11.8. The molecule has 0 spiro atoms. The fourth-order valence-corrected chi connectivity index (χ4v) is 2.40. The summed E-state index contributed by atoms with van der Waals surface area (Å²) in [4.78, 5) is 11.8. The number of aromatic nitrogens is 4. The van der Waals surface area contributed by atoms with Gasteiger partial charge in [-0.2, -0.15) is 4.68 Å². The highest BCUT2D eigenvalue weighted by Gasteiger charge is 2.11. The summed E-state index contributed by atoms with van der Waals surface area (Å²) >= 11 is 1.33. The zero-order valence-corrected chi connectivity index (χ0v) is 13.0. The number of amides is 1. The Morgan fingerprint density at radius 2 is 2.10 bits per heavy atom.